The van der Waals surface area contributed by atoms with Gasteiger partial charge in [-0.25, -0.2) is 4.98 Å². The minimum Gasteiger partial charge on any atom is -0.454 e. The molecular formula is C28H22BrN3O7S. The molecule has 0 atom stereocenters. The highest BCUT2D eigenvalue weighted by Gasteiger charge is 2.21. The predicted octanol–water partition coefficient (Wildman–Crippen LogP) is 4.30. The van der Waals surface area contributed by atoms with Crippen molar-refractivity contribution in [2.75, 3.05) is 19.3 Å². The van der Waals surface area contributed by atoms with Gasteiger partial charge in [-0.2, -0.15) is 0 Å². The number of rotatable bonds is 9. The molecule has 0 unspecified atom stereocenters. The third-order valence-electron chi connectivity index (χ3n) is 6.40. The molecule has 0 spiro atoms. The van der Waals surface area contributed by atoms with E-state index in [2.05, 4.69) is 26.2 Å². The lowest BCUT2D eigenvalue weighted by molar-refractivity contribution is -0.121. The fraction of sp³-hybridized carbons (Fsp3) is 0.214. The molecule has 3 aromatic carbocycles. The number of fused-ring (bicyclic) bond motifs is 3. The average Bonchev–Trinajstić information content (AvgIpc) is 3.62. The van der Waals surface area contributed by atoms with E-state index in [0.717, 1.165) is 21.8 Å². The molecular weight excluding hydrogens is 602 g/mol. The zero-order chi connectivity index (χ0) is 27.6. The molecule has 3 heterocycles. The van der Waals surface area contributed by atoms with Gasteiger partial charge in [-0.3, -0.25) is 19.0 Å². The molecule has 10 nitrogen and oxygen atoms in total. The second-order valence-corrected chi connectivity index (χ2v) is 10.9. The van der Waals surface area contributed by atoms with Gasteiger partial charge < -0.3 is 24.3 Å². The molecule has 0 fully saturated rings. The molecule has 0 radical (unpaired) electrons. The van der Waals surface area contributed by atoms with Crippen LogP contribution in [0.25, 0.3) is 10.9 Å². The van der Waals surface area contributed by atoms with Gasteiger partial charge in [0.1, 0.15) is 0 Å². The number of amides is 1. The highest BCUT2D eigenvalue weighted by Crippen LogP contribution is 2.35. The van der Waals surface area contributed by atoms with Crippen molar-refractivity contribution >= 4 is 50.3 Å². The summed E-state index contributed by atoms with van der Waals surface area (Å²) in [7, 11) is 0. The molecule has 6 rings (SSSR count). The van der Waals surface area contributed by atoms with E-state index < -0.39 is 0 Å². The van der Waals surface area contributed by atoms with Crippen molar-refractivity contribution in [1.82, 2.24) is 14.9 Å². The number of hydrogen-bond donors (Lipinski definition) is 1. The molecule has 0 saturated heterocycles. The fourth-order valence-corrected chi connectivity index (χ4v) is 5.48. The van der Waals surface area contributed by atoms with Crippen molar-refractivity contribution in [1.29, 1.82) is 0 Å². The molecule has 1 aromatic heterocycles. The van der Waals surface area contributed by atoms with Gasteiger partial charge in [0.25, 0.3) is 5.56 Å². The molecule has 2 aliphatic rings. The summed E-state index contributed by atoms with van der Waals surface area (Å²) < 4.78 is 23.9. The Hall–Kier alpha value is -4.03. The van der Waals surface area contributed by atoms with Crippen molar-refractivity contribution in [2.45, 2.75) is 24.7 Å². The van der Waals surface area contributed by atoms with Crippen molar-refractivity contribution < 1.29 is 28.5 Å². The van der Waals surface area contributed by atoms with E-state index in [9.17, 15) is 14.4 Å². The number of hydrogen-bond acceptors (Lipinski definition) is 9. The molecule has 0 saturated carbocycles. The number of carbonyl (C=O) groups excluding carboxylic acids is 2. The van der Waals surface area contributed by atoms with Crippen molar-refractivity contribution in [3.63, 3.8) is 0 Å². The lowest BCUT2D eigenvalue weighted by atomic mass is 10.2. The van der Waals surface area contributed by atoms with Gasteiger partial charge >= 0.3 is 0 Å². The smallest absolute Gasteiger partial charge is 0.262 e. The van der Waals surface area contributed by atoms with E-state index in [1.807, 2.05) is 12.1 Å². The van der Waals surface area contributed by atoms with Gasteiger partial charge in [0.05, 0.1) is 16.7 Å². The third-order valence-corrected chi connectivity index (χ3v) is 7.91. The topological polar surface area (TPSA) is 118 Å². The Morgan fingerprint density at radius 2 is 1.62 bits per heavy atom. The quantitative estimate of drug-likeness (QED) is 0.165. The summed E-state index contributed by atoms with van der Waals surface area (Å²) in [4.78, 5) is 43.8. The minimum absolute atomic E-state index is 0.0381. The second-order valence-electron chi connectivity index (χ2n) is 9.01. The summed E-state index contributed by atoms with van der Waals surface area (Å²) in [6, 6.07) is 15.8. The van der Waals surface area contributed by atoms with Crippen LogP contribution >= 0.6 is 27.7 Å². The van der Waals surface area contributed by atoms with Crippen LogP contribution in [0, 0.1) is 0 Å². The zero-order valence-electron chi connectivity index (χ0n) is 21.0. The number of nitrogens with one attached hydrogen (secondary N) is 1. The summed E-state index contributed by atoms with van der Waals surface area (Å²) >= 11 is 4.52. The van der Waals surface area contributed by atoms with Crippen LogP contribution < -0.4 is 29.8 Å². The maximum absolute atomic E-state index is 13.6. The van der Waals surface area contributed by atoms with E-state index in [1.165, 1.54) is 4.57 Å². The molecule has 0 aliphatic carbocycles. The van der Waals surface area contributed by atoms with Crippen LogP contribution in [-0.2, 0) is 17.9 Å². The molecule has 0 bridgehead atoms. The van der Waals surface area contributed by atoms with Crippen molar-refractivity contribution in [2.24, 2.45) is 0 Å². The Morgan fingerprint density at radius 1 is 0.925 bits per heavy atom. The highest BCUT2D eigenvalue weighted by molar-refractivity contribution is 9.10. The summed E-state index contributed by atoms with van der Waals surface area (Å²) in [6.45, 7) is 0.620. The first kappa shape index (κ1) is 26.2. The minimum atomic E-state index is -0.328. The van der Waals surface area contributed by atoms with E-state index in [-0.39, 0.29) is 49.6 Å². The maximum Gasteiger partial charge on any atom is 0.262 e. The molecule has 4 aromatic rings. The zero-order valence-corrected chi connectivity index (χ0v) is 23.4. The van der Waals surface area contributed by atoms with Crippen LogP contribution in [0.15, 0.2) is 69.0 Å². The number of nitrogens with zero attached hydrogens (tertiary/aromatic N) is 2. The lowest BCUT2D eigenvalue weighted by Crippen LogP contribution is -2.28. The number of thioether (sulfide) groups is 1. The molecule has 1 amide bonds. The van der Waals surface area contributed by atoms with Crippen molar-refractivity contribution in [3.05, 3.63) is 80.6 Å². The average molecular weight is 624 g/mol. The Balaban J connectivity index is 1.20. The summed E-state index contributed by atoms with van der Waals surface area (Å²) in [5.74, 6) is 2.00. The number of Topliss-reactive ketones (excluding diaryl/α,β-unsaturated/α-hetero) is 1. The molecule has 2 aliphatic heterocycles. The SMILES string of the molecule is O=C(CCn1c(SCC(=O)c2ccc(Br)cc2)nc2cc3c(cc2c1=O)OCO3)NCc1ccc2c(c1)OCO2. The van der Waals surface area contributed by atoms with E-state index in [1.54, 1.807) is 42.5 Å². The van der Waals surface area contributed by atoms with Crippen molar-refractivity contribution in [3.8, 4) is 23.0 Å². The van der Waals surface area contributed by atoms with Gasteiger partial charge in [0.15, 0.2) is 33.9 Å². The summed E-state index contributed by atoms with van der Waals surface area (Å²) in [6.07, 6.45) is 0.0381. The van der Waals surface area contributed by atoms with Gasteiger partial charge in [-0.15, -0.1) is 0 Å². The van der Waals surface area contributed by atoms with E-state index in [0.29, 0.717) is 51.2 Å². The third kappa shape index (κ3) is 5.50. The van der Waals surface area contributed by atoms with Crippen LogP contribution in [0.1, 0.15) is 22.3 Å². The first-order valence-corrected chi connectivity index (χ1v) is 14.1. The van der Waals surface area contributed by atoms with Gasteiger partial charge in [0.2, 0.25) is 19.5 Å². The van der Waals surface area contributed by atoms with Gasteiger partial charge in [0, 0.05) is 35.6 Å². The van der Waals surface area contributed by atoms with Gasteiger partial charge in [-0.1, -0.05) is 45.9 Å². The van der Waals surface area contributed by atoms with Crippen LogP contribution in [0.3, 0.4) is 0 Å². The number of halogens is 1. The maximum atomic E-state index is 13.6. The second kappa shape index (κ2) is 11.2. The highest BCUT2D eigenvalue weighted by atomic mass is 79.9. The van der Waals surface area contributed by atoms with Crippen LogP contribution in [0.4, 0.5) is 0 Å². The number of carbonyl (C=O) groups is 2. The van der Waals surface area contributed by atoms with Gasteiger partial charge in [-0.05, 0) is 35.9 Å². The summed E-state index contributed by atoms with van der Waals surface area (Å²) in [5.41, 5.74) is 1.51. The normalized spacial score (nSPS) is 13.0. The van der Waals surface area contributed by atoms with E-state index in [4.69, 9.17) is 18.9 Å². The molecule has 12 heteroatoms. The fourth-order valence-electron chi connectivity index (χ4n) is 4.30. The van der Waals surface area contributed by atoms with E-state index >= 15 is 0 Å². The largest absolute Gasteiger partial charge is 0.454 e. The first-order chi connectivity index (χ1) is 19.4. The van der Waals surface area contributed by atoms with Crippen LogP contribution in [0.2, 0.25) is 0 Å². The number of benzene rings is 3. The van der Waals surface area contributed by atoms with Crippen LogP contribution in [0.5, 0.6) is 23.0 Å². The number of aromatic nitrogens is 2. The predicted molar refractivity (Wildman–Crippen MR) is 150 cm³/mol. The Labute approximate surface area is 240 Å². The Morgan fingerprint density at radius 3 is 2.40 bits per heavy atom. The summed E-state index contributed by atoms with van der Waals surface area (Å²) in [5, 5.41) is 3.55. The standard InChI is InChI=1S/C28H22BrN3O7S/c29-18-4-2-17(3-5-18)21(33)13-40-28-31-20-11-25-24(38-15-39-25)10-19(20)27(35)32(28)8-7-26(34)30-12-16-1-6-22-23(9-16)37-14-36-22/h1-6,9-11H,7-8,12-15H2,(H,30,34). The number of ketones is 1. The molecule has 40 heavy (non-hydrogen) atoms. The molecule has 1 N–H and O–H groups in total. The molecule has 204 valence electrons. The number of ether oxygens (including phenoxy) is 4. The first-order valence-electron chi connectivity index (χ1n) is 12.4. The Bertz CT molecular complexity index is 1690. The van der Waals surface area contributed by atoms with Crippen LogP contribution in [-0.4, -0.2) is 40.6 Å². The Kier molecular flexibility index (Phi) is 7.35. The lowest BCUT2D eigenvalue weighted by Gasteiger charge is -2.13. The monoisotopic (exact) mass is 623 g/mol.